The Labute approximate surface area is 85.8 Å². The third-order valence-corrected chi connectivity index (χ3v) is 2.59. The quantitative estimate of drug-likeness (QED) is 0.693. The number of hydrogen-bond acceptors (Lipinski definition) is 2. The van der Waals surface area contributed by atoms with Crippen molar-refractivity contribution in [3.8, 4) is 0 Å². The van der Waals surface area contributed by atoms with Crippen molar-refractivity contribution >= 4 is 12.6 Å². The summed E-state index contributed by atoms with van der Waals surface area (Å²) in [5.74, 6) is 0.786. The number of aryl methyl sites for hydroxylation is 1. The van der Waals surface area contributed by atoms with Gasteiger partial charge in [0.15, 0.2) is 0 Å². The van der Waals surface area contributed by atoms with Crippen LogP contribution in [0.5, 0.6) is 0 Å². The normalized spacial score (nSPS) is 12.8. The molecule has 1 rings (SSSR count). The summed E-state index contributed by atoms with van der Waals surface area (Å²) in [6.07, 6.45) is 3.35. The van der Waals surface area contributed by atoms with Gasteiger partial charge in [0, 0.05) is 11.8 Å². The average Bonchev–Trinajstić information content (AvgIpc) is 2.19. The second-order valence-corrected chi connectivity index (χ2v) is 3.69. The molecular weight excluding hydrogens is 178 g/mol. The SMILES string of the molecule is N[C@@H](CS)CCCc1ccccc1. The minimum Gasteiger partial charge on any atom is -0.327 e. The van der Waals surface area contributed by atoms with Crippen LogP contribution in [0, 0.1) is 0 Å². The lowest BCUT2D eigenvalue weighted by atomic mass is 10.1. The van der Waals surface area contributed by atoms with Crippen LogP contribution in [0.1, 0.15) is 18.4 Å². The molecule has 0 aromatic heterocycles. The first kappa shape index (κ1) is 10.6. The van der Waals surface area contributed by atoms with Crippen molar-refractivity contribution in [2.75, 3.05) is 5.75 Å². The molecule has 1 aromatic carbocycles. The van der Waals surface area contributed by atoms with Crippen molar-refractivity contribution in [1.82, 2.24) is 0 Å². The van der Waals surface area contributed by atoms with E-state index < -0.39 is 0 Å². The third kappa shape index (κ3) is 4.34. The van der Waals surface area contributed by atoms with Gasteiger partial charge < -0.3 is 5.73 Å². The molecule has 0 unspecified atom stereocenters. The number of nitrogens with two attached hydrogens (primary N) is 1. The van der Waals surface area contributed by atoms with E-state index in [1.165, 1.54) is 5.56 Å². The Bertz CT molecular complexity index is 223. The molecule has 0 bridgehead atoms. The number of thiol groups is 1. The highest BCUT2D eigenvalue weighted by atomic mass is 32.1. The van der Waals surface area contributed by atoms with Gasteiger partial charge in [0.25, 0.3) is 0 Å². The van der Waals surface area contributed by atoms with Crippen LogP contribution in [0.15, 0.2) is 30.3 Å². The van der Waals surface area contributed by atoms with Crippen molar-refractivity contribution < 1.29 is 0 Å². The molecule has 0 radical (unpaired) electrons. The molecule has 1 atom stereocenters. The maximum absolute atomic E-state index is 5.76. The fraction of sp³-hybridized carbons (Fsp3) is 0.455. The van der Waals surface area contributed by atoms with E-state index >= 15 is 0 Å². The Kier molecular flexibility index (Phi) is 4.94. The standard InChI is InChI=1S/C11H17NS/c12-11(9-13)8-4-7-10-5-2-1-3-6-10/h1-3,5-6,11,13H,4,7-9,12H2/t11-/m1/s1. The van der Waals surface area contributed by atoms with E-state index in [-0.39, 0.29) is 6.04 Å². The van der Waals surface area contributed by atoms with Gasteiger partial charge in [0.05, 0.1) is 0 Å². The largest absolute Gasteiger partial charge is 0.327 e. The van der Waals surface area contributed by atoms with Crippen LogP contribution in [0.4, 0.5) is 0 Å². The maximum Gasteiger partial charge on any atom is 0.0128 e. The Morgan fingerprint density at radius 2 is 1.92 bits per heavy atom. The lowest BCUT2D eigenvalue weighted by Crippen LogP contribution is -2.21. The molecule has 0 spiro atoms. The summed E-state index contributed by atoms with van der Waals surface area (Å²) < 4.78 is 0. The molecule has 0 fully saturated rings. The van der Waals surface area contributed by atoms with Gasteiger partial charge in [0.1, 0.15) is 0 Å². The molecule has 1 aromatic rings. The van der Waals surface area contributed by atoms with E-state index in [1.54, 1.807) is 0 Å². The molecule has 1 nitrogen and oxygen atoms in total. The highest BCUT2D eigenvalue weighted by Gasteiger charge is 1.99. The third-order valence-electron chi connectivity index (χ3n) is 2.12. The van der Waals surface area contributed by atoms with E-state index in [9.17, 15) is 0 Å². The van der Waals surface area contributed by atoms with Gasteiger partial charge in [0.2, 0.25) is 0 Å². The van der Waals surface area contributed by atoms with E-state index in [0.717, 1.165) is 25.0 Å². The summed E-state index contributed by atoms with van der Waals surface area (Å²) in [6, 6.07) is 10.8. The van der Waals surface area contributed by atoms with E-state index in [2.05, 4.69) is 36.9 Å². The molecule has 0 aliphatic heterocycles. The Hall–Kier alpha value is -0.470. The molecule has 0 saturated heterocycles. The highest BCUT2D eigenvalue weighted by Crippen LogP contribution is 2.05. The van der Waals surface area contributed by atoms with Crippen LogP contribution in [0.2, 0.25) is 0 Å². The zero-order valence-corrected chi connectivity index (χ0v) is 8.71. The molecule has 2 heteroatoms. The average molecular weight is 195 g/mol. The summed E-state index contributed by atoms with van der Waals surface area (Å²) in [4.78, 5) is 0. The van der Waals surface area contributed by atoms with Crippen molar-refractivity contribution in [3.05, 3.63) is 35.9 Å². The van der Waals surface area contributed by atoms with E-state index in [4.69, 9.17) is 5.73 Å². The first-order valence-electron chi connectivity index (χ1n) is 4.73. The second-order valence-electron chi connectivity index (χ2n) is 3.32. The Morgan fingerprint density at radius 3 is 2.54 bits per heavy atom. The van der Waals surface area contributed by atoms with Gasteiger partial charge in [-0.1, -0.05) is 30.3 Å². The van der Waals surface area contributed by atoms with Gasteiger partial charge in [-0.2, -0.15) is 12.6 Å². The lowest BCUT2D eigenvalue weighted by molar-refractivity contribution is 0.632. The smallest absolute Gasteiger partial charge is 0.0128 e. The van der Waals surface area contributed by atoms with E-state index in [0.29, 0.717) is 0 Å². The van der Waals surface area contributed by atoms with Gasteiger partial charge in [-0.25, -0.2) is 0 Å². The predicted octanol–water partition coefficient (Wildman–Crippen LogP) is 2.27. The van der Waals surface area contributed by atoms with Gasteiger partial charge in [-0.05, 0) is 24.8 Å². The first-order valence-corrected chi connectivity index (χ1v) is 5.36. The second kappa shape index (κ2) is 6.06. The topological polar surface area (TPSA) is 26.0 Å². The molecule has 2 N–H and O–H groups in total. The molecule has 72 valence electrons. The zero-order chi connectivity index (χ0) is 9.52. The van der Waals surface area contributed by atoms with Crippen molar-refractivity contribution in [1.29, 1.82) is 0 Å². The monoisotopic (exact) mass is 195 g/mol. The molecule has 0 aliphatic rings. The minimum absolute atomic E-state index is 0.257. The summed E-state index contributed by atoms with van der Waals surface area (Å²) in [5.41, 5.74) is 7.16. The van der Waals surface area contributed by atoms with Crippen LogP contribution in [-0.4, -0.2) is 11.8 Å². The summed E-state index contributed by atoms with van der Waals surface area (Å²) in [5, 5.41) is 0. The van der Waals surface area contributed by atoms with Gasteiger partial charge in [-0.15, -0.1) is 0 Å². The van der Waals surface area contributed by atoms with Crippen molar-refractivity contribution in [3.63, 3.8) is 0 Å². The molecule has 0 heterocycles. The van der Waals surface area contributed by atoms with Crippen LogP contribution >= 0.6 is 12.6 Å². The zero-order valence-electron chi connectivity index (χ0n) is 7.82. The Morgan fingerprint density at radius 1 is 1.23 bits per heavy atom. The fourth-order valence-corrected chi connectivity index (χ4v) is 1.49. The molecule has 0 amide bonds. The lowest BCUT2D eigenvalue weighted by Gasteiger charge is -2.07. The summed E-state index contributed by atoms with van der Waals surface area (Å²) >= 11 is 4.15. The summed E-state index contributed by atoms with van der Waals surface area (Å²) in [7, 11) is 0. The molecule has 0 saturated carbocycles. The Balaban J connectivity index is 2.20. The number of rotatable bonds is 5. The van der Waals surface area contributed by atoms with Crippen LogP contribution in [0.3, 0.4) is 0 Å². The van der Waals surface area contributed by atoms with Gasteiger partial charge >= 0.3 is 0 Å². The maximum atomic E-state index is 5.76. The fourth-order valence-electron chi connectivity index (χ4n) is 1.30. The summed E-state index contributed by atoms with van der Waals surface area (Å²) in [6.45, 7) is 0. The molecule has 13 heavy (non-hydrogen) atoms. The number of hydrogen-bond donors (Lipinski definition) is 2. The number of benzene rings is 1. The van der Waals surface area contributed by atoms with Gasteiger partial charge in [-0.3, -0.25) is 0 Å². The van der Waals surface area contributed by atoms with Crippen LogP contribution in [0.25, 0.3) is 0 Å². The molecule has 0 aliphatic carbocycles. The van der Waals surface area contributed by atoms with Crippen LogP contribution < -0.4 is 5.73 Å². The van der Waals surface area contributed by atoms with Crippen molar-refractivity contribution in [2.24, 2.45) is 5.73 Å². The van der Waals surface area contributed by atoms with Crippen molar-refractivity contribution in [2.45, 2.75) is 25.3 Å². The predicted molar refractivity (Wildman–Crippen MR) is 61.2 cm³/mol. The first-order chi connectivity index (χ1) is 6.33. The molecular formula is C11H17NS. The van der Waals surface area contributed by atoms with E-state index in [1.807, 2.05) is 6.07 Å². The highest BCUT2D eigenvalue weighted by molar-refractivity contribution is 7.80. The minimum atomic E-state index is 0.257. The van der Waals surface area contributed by atoms with Crippen LogP contribution in [-0.2, 0) is 6.42 Å².